The molecule has 1 saturated carbocycles. The Bertz CT molecular complexity index is 245. The number of amides is 1. The van der Waals surface area contributed by atoms with Gasteiger partial charge in [0.15, 0.2) is 0 Å². The SMILES string of the molecule is CC1CCCC(OC(C)C(=O)N(C)CCO)C1. The number of rotatable bonds is 5. The lowest BCUT2D eigenvalue weighted by Crippen LogP contribution is -2.40. The fourth-order valence-electron chi connectivity index (χ4n) is 2.42. The maximum absolute atomic E-state index is 11.9. The normalized spacial score (nSPS) is 26.6. The number of aliphatic hydroxyl groups excluding tert-OH is 1. The van der Waals surface area contributed by atoms with Gasteiger partial charge in [-0.1, -0.05) is 19.8 Å². The number of carbonyl (C=O) groups is 1. The molecule has 1 fully saturated rings. The predicted octanol–water partition coefficient (Wildman–Crippen LogP) is 1.42. The van der Waals surface area contributed by atoms with E-state index in [-0.39, 0.29) is 18.6 Å². The molecule has 1 aliphatic rings. The number of likely N-dealkylation sites (N-methyl/N-ethyl adjacent to an activating group) is 1. The molecule has 0 aromatic rings. The van der Waals surface area contributed by atoms with Crippen LogP contribution in [0.4, 0.5) is 0 Å². The molecule has 0 saturated heterocycles. The highest BCUT2D eigenvalue weighted by atomic mass is 16.5. The van der Waals surface area contributed by atoms with Crippen LogP contribution >= 0.6 is 0 Å². The van der Waals surface area contributed by atoms with Crippen LogP contribution in [0.15, 0.2) is 0 Å². The quantitative estimate of drug-likeness (QED) is 0.794. The second-order valence-corrected chi connectivity index (χ2v) is 5.16. The van der Waals surface area contributed by atoms with Gasteiger partial charge in [0.25, 0.3) is 5.91 Å². The number of hydrogen-bond acceptors (Lipinski definition) is 3. The minimum absolute atomic E-state index is 0.00454. The van der Waals surface area contributed by atoms with Gasteiger partial charge in [0.1, 0.15) is 6.10 Å². The lowest BCUT2D eigenvalue weighted by molar-refractivity contribution is -0.147. The van der Waals surface area contributed by atoms with Crippen LogP contribution in [0.25, 0.3) is 0 Å². The van der Waals surface area contributed by atoms with E-state index in [1.54, 1.807) is 14.0 Å². The van der Waals surface area contributed by atoms with Crippen LogP contribution in [0.5, 0.6) is 0 Å². The van der Waals surface area contributed by atoms with Crippen LogP contribution in [0, 0.1) is 5.92 Å². The highest BCUT2D eigenvalue weighted by Crippen LogP contribution is 2.26. The molecule has 0 bridgehead atoms. The summed E-state index contributed by atoms with van der Waals surface area (Å²) < 4.78 is 5.82. The zero-order valence-electron chi connectivity index (χ0n) is 11.2. The van der Waals surface area contributed by atoms with Gasteiger partial charge in [-0.3, -0.25) is 4.79 Å². The summed E-state index contributed by atoms with van der Waals surface area (Å²) >= 11 is 0. The first kappa shape index (κ1) is 14.5. The Hall–Kier alpha value is -0.610. The van der Waals surface area contributed by atoms with E-state index in [4.69, 9.17) is 9.84 Å². The van der Waals surface area contributed by atoms with Gasteiger partial charge in [-0.05, 0) is 25.7 Å². The molecule has 3 unspecified atom stereocenters. The Labute approximate surface area is 104 Å². The molecule has 3 atom stereocenters. The molecule has 0 heterocycles. The van der Waals surface area contributed by atoms with Gasteiger partial charge < -0.3 is 14.7 Å². The highest BCUT2D eigenvalue weighted by Gasteiger charge is 2.25. The second-order valence-electron chi connectivity index (χ2n) is 5.16. The first-order valence-corrected chi connectivity index (χ1v) is 6.56. The van der Waals surface area contributed by atoms with Crippen molar-refractivity contribution in [3.05, 3.63) is 0 Å². The van der Waals surface area contributed by atoms with Gasteiger partial charge in [0.05, 0.1) is 12.7 Å². The molecule has 0 aromatic carbocycles. The van der Waals surface area contributed by atoms with Gasteiger partial charge in [0, 0.05) is 13.6 Å². The van der Waals surface area contributed by atoms with Crippen molar-refractivity contribution in [2.24, 2.45) is 5.92 Å². The second kappa shape index (κ2) is 6.97. The molecule has 1 aliphatic carbocycles. The minimum Gasteiger partial charge on any atom is -0.395 e. The van der Waals surface area contributed by atoms with Crippen molar-refractivity contribution in [2.45, 2.75) is 51.7 Å². The number of hydrogen-bond donors (Lipinski definition) is 1. The largest absolute Gasteiger partial charge is 0.395 e. The molecule has 100 valence electrons. The van der Waals surface area contributed by atoms with E-state index in [2.05, 4.69) is 6.92 Å². The van der Waals surface area contributed by atoms with Crippen LogP contribution < -0.4 is 0 Å². The molecule has 0 spiro atoms. The van der Waals surface area contributed by atoms with Crippen molar-refractivity contribution in [1.82, 2.24) is 4.90 Å². The van der Waals surface area contributed by atoms with Crippen molar-refractivity contribution in [3.63, 3.8) is 0 Å². The Morgan fingerprint density at radius 1 is 1.53 bits per heavy atom. The van der Waals surface area contributed by atoms with E-state index in [0.717, 1.165) is 12.8 Å². The van der Waals surface area contributed by atoms with E-state index in [1.165, 1.54) is 17.7 Å². The Morgan fingerprint density at radius 2 is 2.24 bits per heavy atom. The van der Waals surface area contributed by atoms with Crippen LogP contribution in [0.2, 0.25) is 0 Å². The van der Waals surface area contributed by atoms with Gasteiger partial charge >= 0.3 is 0 Å². The van der Waals surface area contributed by atoms with Crippen molar-refractivity contribution in [2.75, 3.05) is 20.2 Å². The molecule has 1 N–H and O–H groups in total. The third-order valence-electron chi connectivity index (χ3n) is 3.44. The molecule has 0 radical (unpaired) electrons. The maximum atomic E-state index is 11.9. The van der Waals surface area contributed by atoms with E-state index in [9.17, 15) is 4.79 Å². The Balaban J connectivity index is 2.37. The van der Waals surface area contributed by atoms with E-state index >= 15 is 0 Å². The first-order chi connectivity index (χ1) is 8.04. The molecular formula is C13H25NO3. The van der Waals surface area contributed by atoms with Crippen LogP contribution in [-0.2, 0) is 9.53 Å². The zero-order chi connectivity index (χ0) is 12.8. The first-order valence-electron chi connectivity index (χ1n) is 6.56. The summed E-state index contributed by atoms with van der Waals surface area (Å²) in [5.74, 6) is 0.656. The fourth-order valence-corrected chi connectivity index (χ4v) is 2.42. The number of nitrogens with zero attached hydrogens (tertiary/aromatic N) is 1. The van der Waals surface area contributed by atoms with Crippen LogP contribution in [-0.4, -0.2) is 48.3 Å². The van der Waals surface area contributed by atoms with Crippen molar-refractivity contribution < 1.29 is 14.6 Å². The summed E-state index contributed by atoms with van der Waals surface area (Å²) in [5.41, 5.74) is 0. The lowest BCUT2D eigenvalue weighted by atomic mass is 9.88. The number of aliphatic hydroxyl groups is 1. The Kier molecular flexibility index (Phi) is 5.92. The molecule has 4 nitrogen and oxygen atoms in total. The van der Waals surface area contributed by atoms with Crippen molar-refractivity contribution >= 4 is 5.91 Å². The minimum atomic E-state index is -0.401. The third-order valence-corrected chi connectivity index (χ3v) is 3.44. The van der Waals surface area contributed by atoms with Gasteiger partial charge in [-0.2, -0.15) is 0 Å². The van der Waals surface area contributed by atoms with Gasteiger partial charge in [-0.25, -0.2) is 0 Å². The average molecular weight is 243 g/mol. The fraction of sp³-hybridized carbons (Fsp3) is 0.923. The third kappa shape index (κ3) is 4.64. The summed E-state index contributed by atoms with van der Waals surface area (Å²) in [6.45, 7) is 4.40. The summed E-state index contributed by atoms with van der Waals surface area (Å²) in [6, 6.07) is 0. The number of carbonyl (C=O) groups excluding carboxylic acids is 1. The van der Waals surface area contributed by atoms with Crippen molar-refractivity contribution in [3.8, 4) is 0 Å². The molecule has 1 rings (SSSR count). The van der Waals surface area contributed by atoms with Crippen LogP contribution in [0.1, 0.15) is 39.5 Å². The zero-order valence-corrected chi connectivity index (χ0v) is 11.2. The van der Waals surface area contributed by atoms with Crippen LogP contribution in [0.3, 0.4) is 0 Å². The molecule has 0 aliphatic heterocycles. The molecule has 4 heteroatoms. The average Bonchev–Trinajstić information content (AvgIpc) is 2.28. The smallest absolute Gasteiger partial charge is 0.251 e. The van der Waals surface area contributed by atoms with E-state index in [1.807, 2.05) is 0 Å². The van der Waals surface area contributed by atoms with E-state index in [0.29, 0.717) is 12.5 Å². The monoisotopic (exact) mass is 243 g/mol. The topological polar surface area (TPSA) is 49.8 Å². The Morgan fingerprint density at radius 3 is 2.82 bits per heavy atom. The van der Waals surface area contributed by atoms with Gasteiger partial charge in [-0.15, -0.1) is 0 Å². The molecule has 0 aromatic heterocycles. The van der Waals surface area contributed by atoms with Gasteiger partial charge in [0.2, 0.25) is 0 Å². The molecule has 1 amide bonds. The standard InChI is InChI=1S/C13H25NO3/c1-10-5-4-6-12(9-10)17-11(2)13(16)14(3)7-8-15/h10-12,15H,4-9H2,1-3H3. The highest BCUT2D eigenvalue weighted by molar-refractivity contribution is 5.80. The molecule has 17 heavy (non-hydrogen) atoms. The molecular weight excluding hydrogens is 218 g/mol. The summed E-state index contributed by atoms with van der Waals surface area (Å²) in [7, 11) is 1.70. The van der Waals surface area contributed by atoms with Crippen molar-refractivity contribution in [1.29, 1.82) is 0 Å². The lowest BCUT2D eigenvalue weighted by Gasteiger charge is -2.30. The number of ether oxygens (including phenoxy) is 1. The maximum Gasteiger partial charge on any atom is 0.251 e. The predicted molar refractivity (Wildman–Crippen MR) is 66.7 cm³/mol. The summed E-state index contributed by atoms with van der Waals surface area (Å²) in [6.07, 6.45) is 4.40. The summed E-state index contributed by atoms with van der Waals surface area (Å²) in [4.78, 5) is 13.4. The summed E-state index contributed by atoms with van der Waals surface area (Å²) in [5, 5.41) is 8.79. The van der Waals surface area contributed by atoms with E-state index < -0.39 is 6.10 Å².